The molecule has 16 heavy (non-hydrogen) atoms. The summed E-state index contributed by atoms with van der Waals surface area (Å²) in [6, 6.07) is 7.66. The first-order valence-corrected chi connectivity index (χ1v) is 5.67. The van der Waals surface area contributed by atoms with E-state index in [0.717, 1.165) is 15.6 Å². The number of nitrogens with one attached hydrogen (secondary N) is 1. The monoisotopic (exact) mass is 279 g/mol. The van der Waals surface area contributed by atoms with E-state index in [1.165, 1.54) is 0 Å². The van der Waals surface area contributed by atoms with Gasteiger partial charge in [0.25, 0.3) is 5.91 Å². The summed E-state index contributed by atoms with van der Waals surface area (Å²) in [6.45, 7) is 1.86. The molecule has 2 amide bonds. The second-order valence-electron chi connectivity index (χ2n) is 3.66. The standard InChI is InChI=1S/C12H10BrNO2/c1-7(8-2-4-9(13)5-3-8)10-6-11(15)14-12(10)16/h2-5H,6H2,1H3,(H,14,15,16). The fourth-order valence-electron chi connectivity index (χ4n) is 1.66. The van der Waals surface area contributed by atoms with Crippen LogP contribution in [0.2, 0.25) is 0 Å². The largest absolute Gasteiger partial charge is 0.292 e. The zero-order chi connectivity index (χ0) is 11.7. The first-order valence-electron chi connectivity index (χ1n) is 4.88. The molecule has 1 N–H and O–H groups in total. The number of hydrogen-bond donors (Lipinski definition) is 1. The van der Waals surface area contributed by atoms with Crippen LogP contribution < -0.4 is 5.32 Å². The lowest BCUT2D eigenvalue weighted by molar-refractivity contribution is -0.124. The van der Waals surface area contributed by atoms with Crippen molar-refractivity contribution in [1.82, 2.24) is 5.32 Å². The minimum Gasteiger partial charge on any atom is -0.292 e. The van der Waals surface area contributed by atoms with Gasteiger partial charge in [-0.15, -0.1) is 0 Å². The van der Waals surface area contributed by atoms with Gasteiger partial charge in [0.2, 0.25) is 5.91 Å². The van der Waals surface area contributed by atoms with Crippen molar-refractivity contribution in [3.8, 4) is 0 Å². The highest BCUT2D eigenvalue weighted by molar-refractivity contribution is 9.10. The third kappa shape index (κ3) is 2.07. The number of halogens is 1. The van der Waals surface area contributed by atoms with Crippen molar-refractivity contribution in [2.24, 2.45) is 0 Å². The molecule has 1 heterocycles. The minimum absolute atomic E-state index is 0.181. The van der Waals surface area contributed by atoms with Gasteiger partial charge in [0.05, 0.1) is 6.42 Å². The summed E-state index contributed by atoms with van der Waals surface area (Å²) in [6.07, 6.45) is 0.181. The van der Waals surface area contributed by atoms with Gasteiger partial charge in [0, 0.05) is 10.0 Å². The topological polar surface area (TPSA) is 46.2 Å². The highest BCUT2D eigenvalue weighted by atomic mass is 79.9. The smallest absolute Gasteiger partial charge is 0.254 e. The van der Waals surface area contributed by atoms with Gasteiger partial charge in [-0.3, -0.25) is 14.9 Å². The molecule has 0 saturated carbocycles. The Balaban J connectivity index is 2.41. The van der Waals surface area contributed by atoms with E-state index in [1.54, 1.807) is 0 Å². The number of imide groups is 1. The van der Waals surface area contributed by atoms with Crippen molar-refractivity contribution in [2.45, 2.75) is 13.3 Å². The number of carbonyl (C=O) groups is 2. The predicted molar refractivity (Wildman–Crippen MR) is 64.5 cm³/mol. The molecule has 1 fully saturated rings. The van der Waals surface area contributed by atoms with Gasteiger partial charge in [-0.25, -0.2) is 0 Å². The lowest BCUT2D eigenvalue weighted by Gasteiger charge is -2.04. The van der Waals surface area contributed by atoms with Gasteiger partial charge in [0.15, 0.2) is 0 Å². The Morgan fingerprint density at radius 2 is 1.88 bits per heavy atom. The Morgan fingerprint density at radius 3 is 2.38 bits per heavy atom. The Kier molecular flexibility index (Phi) is 2.92. The lowest BCUT2D eigenvalue weighted by Crippen LogP contribution is -2.19. The number of allylic oxidation sites excluding steroid dienone is 1. The lowest BCUT2D eigenvalue weighted by atomic mass is 10.0. The highest BCUT2D eigenvalue weighted by Crippen LogP contribution is 2.24. The molecule has 82 valence electrons. The van der Waals surface area contributed by atoms with Crippen molar-refractivity contribution in [1.29, 1.82) is 0 Å². The molecule has 0 atom stereocenters. The molecule has 1 aliphatic heterocycles. The van der Waals surface area contributed by atoms with E-state index >= 15 is 0 Å². The molecule has 1 aromatic carbocycles. The van der Waals surface area contributed by atoms with Gasteiger partial charge in [-0.05, 0) is 30.2 Å². The third-order valence-electron chi connectivity index (χ3n) is 2.59. The molecule has 1 saturated heterocycles. The van der Waals surface area contributed by atoms with E-state index in [4.69, 9.17) is 0 Å². The highest BCUT2D eigenvalue weighted by Gasteiger charge is 2.25. The van der Waals surface area contributed by atoms with Gasteiger partial charge < -0.3 is 0 Å². The molecule has 0 spiro atoms. The van der Waals surface area contributed by atoms with Crippen LogP contribution in [0.5, 0.6) is 0 Å². The number of carbonyl (C=O) groups excluding carboxylic acids is 2. The molecule has 1 aliphatic rings. The van der Waals surface area contributed by atoms with E-state index in [1.807, 2.05) is 31.2 Å². The van der Waals surface area contributed by atoms with Crippen molar-refractivity contribution < 1.29 is 9.59 Å². The average Bonchev–Trinajstić information content (AvgIpc) is 2.58. The van der Waals surface area contributed by atoms with Crippen LogP contribution >= 0.6 is 15.9 Å². The second kappa shape index (κ2) is 4.22. The van der Waals surface area contributed by atoms with E-state index in [0.29, 0.717) is 5.57 Å². The fourth-order valence-corrected chi connectivity index (χ4v) is 1.93. The zero-order valence-electron chi connectivity index (χ0n) is 8.71. The van der Waals surface area contributed by atoms with Crippen molar-refractivity contribution in [2.75, 3.05) is 0 Å². The molecule has 0 aliphatic carbocycles. The zero-order valence-corrected chi connectivity index (χ0v) is 10.3. The molecule has 4 heteroatoms. The van der Waals surface area contributed by atoms with Gasteiger partial charge in [0.1, 0.15) is 0 Å². The number of hydrogen-bond acceptors (Lipinski definition) is 2. The number of benzene rings is 1. The quantitative estimate of drug-likeness (QED) is 0.633. The maximum Gasteiger partial charge on any atom is 0.254 e. The summed E-state index contributed by atoms with van der Waals surface area (Å²) in [7, 11) is 0. The van der Waals surface area contributed by atoms with E-state index in [2.05, 4.69) is 21.2 Å². The maximum atomic E-state index is 11.5. The van der Waals surface area contributed by atoms with Gasteiger partial charge >= 0.3 is 0 Å². The molecule has 3 nitrogen and oxygen atoms in total. The Labute approximate surface area is 102 Å². The predicted octanol–water partition coefficient (Wildman–Crippen LogP) is 2.27. The number of amides is 2. The van der Waals surface area contributed by atoms with Gasteiger partial charge in [-0.2, -0.15) is 0 Å². The maximum absolute atomic E-state index is 11.5. The average molecular weight is 280 g/mol. The molecule has 0 unspecified atom stereocenters. The first kappa shape index (κ1) is 11.1. The molecular weight excluding hydrogens is 270 g/mol. The summed E-state index contributed by atoms with van der Waals surface area (Å²) < 4.78 is 0.987. The molecule has 0 aromatic heterocycles. The Hall–Kier alpha value is -1.42. The Bertz CT molecular complexity index is 488. The van der Waals surface area contributed by atoms with Crippen molar-refractivity contribution in [3.05, 3.63) is 39.9 Å². The van der Waals surface area contributed by atoms with E-state index < -0.39 is 0 Å². The van der Waals surface area contributed by atoms with Crippen LogP contribution in [0.1, 0.15) is 18.9 Å². The van der Waals surface area contributed by atoms with Crippen LogP contribution in [-0.2, 0) is 9.59 Å². The SMILES string of the molecule is CC(=C1CC(=O)NC1=O)c1ccc(Br)cc1. The normalized spacial score (nSPS) is 18.6. The number of rotatable bonds is 1. The van der Waals surface area contributed by atoms with Crippen molar-refractivity contribution in [3.63, 3.8) is 0 Å². The summed E-state index contributed by atoms with van der Waals surface area (Å²) >= 11 is 3.35. The fraction of sp³-hybridized carbons (Fsp3) is 0.167. The summed E-state index contributed by atoms with van der Waals surface area (Å²) in [4.78, 5) is 22.5. The molecule has 0 radical (unpaired) electrons. The van der Waals surface area contributed by atoms with Crippen LogP contribution in [0.15, 0.2) is 34.3 Å². The summed E-state index contributed by atoms with van der Waals surface area (Å²) in [5.74, 6) is -0.498. The summed E-state index contributed by atoms with van der Waals surface area (Å²) in [5.41, 5.74) is 2.38. The van der Waals surface area contributed by atoms with Gasteiger partial charge in [-0.1, -0.05) is 28.1 Å². The first-order chi connectivity index (χ1) is 7.58. The molecule has 2 rings (SSSR count). The Morgan fingerprint density at radius 1 is 1.25 bits per heavy atom. The van der Waals surface area contributed by atoms with Crippen LogP contribution in [-0.4, -0.2) is 11.8 Å². The van der Waals surface area contributed by atoms with Crippen molar-refractivity contribution >= 4 is 33.3 Å². The van der Waals surface area contributed by atoms with Crippen LogP contribution in [0.3, 0.4) is 0 Å². The second-order valence-corrected chi connectivity index (χ2v) is 4.58. The molecule has 0 bridgehead atoms. The van der Waals surface area contributed by atoms with Crippen LogP contribution in [0.4, 0.5) is 0 Å². The minimum atomic E-state index is -0.273. The molecule has 1 aromatic rings. The van der Waals surface area contributed by atoms with Crippen LogP contribution in [0, 0.1) is 0 Å². The summed E-state index contributed by atoms with van der Waals surface area (Å²) in [5, 5.41) is 2.28. The third-order valence-corrected chi connectivity index (χ3v) is 3.12. The van der Waals surface area contributed by atoms with Crippen LogP contribution in [0.25, 0.3) is 5.57 Å². The van der Waals surface area contributed by atoms with E-state index in [9.17, 15) is 9.59 Å². The van der Waals surface area contributed by atoms with E-state index in [-0.39, 0.29) is 18.2 Å². The molecular formula is C12H10BrNO2.